The molecule has 0 aromatic heterocycles. The minimum absolute atomic E-state index is 0.0965. The van der Waals surface area contributed by atoms with Crippen LogP contribution in [0, 0.1) is 22.5 Å². The number of hydrogen-bond acceptors (Lipinski definition) is 6. The predicted molar refractivity (Wildman–Crippen MR) is 139 cm³/mol. The third kappa shape index (κ3) is 6.54. The second kappa shape index (κ2) is 11.8. The molecule has 1 fully saturated rings. The summed E-state index contributed by atoms with van der Waals surface area (Å²) in [7, 11) is 0. The van der Waals surface area contributed by atoms with Crippen molar-refractivity contribution in [2.75, 3.05) is 11.9 Å². The molecule has 1 aromatic rings. The van der Waals surface area contributed by atoms with Gasteiger partial charge in [0.1, 0.15) is 0 Å². The van der Waals surface area contributed by atoms with Crippen LogP contribution < -0.4 is 10.1 Å². The Hall–Kier alpha value is 0.0700. The Labute approximate surface area is 217 Å². The average molecular weight is 757 g/mol. The van der Waals surface area contributed by atoms with Crippen LogP contribution in [0.2, 0.25) is 0 Å². The maximum atomic E-state index is 11.8. The van der Waals surface area contributed by atoms with Crippen molar-refractivity contribution in [3.8, 4) is 5.75 Å². The number of ether oxygens (including phenoxy) is 3. The van der Waals surface area contributed by atoms with Gasteiger partial charge in [-0.1, -0.05) is 27.7 Å². The van der Waals surface area contributed by atoms with Crippen molar-refractivity contribution in [3.63, 3.8) is 0 Å². The molecule has 2 N–H and O–H groups in total. The number of carbonyl (C=O) groups excluding carboxylic acids is 1. The van der Waals surface area contributed by atoms with Crippen molar-refractivity contribution in [2.45, 2.75) is 59.0 Å². The minimum atomic E-state index is -1.08. The van der Waals surface area contributed by atoms with Crippen molar-refractivity contribution in [2.24, 2.45) is 11.8 Å². The van der Waals surface area contributed by atoms with Gasteiger partial charge in [-0.15, -0.1) is 0 Å². The van der Waals surface area contributed by atoms with Gasteiger partial charge in [0.05, 0.1) is 40.7 Å². The molecule has 7 nitrogen and oxygen atoms in total. The number of halogens is 3. The van der Waals surface area contributed by atoms with Crippen LogP contribution >= 0.6 is 67.8 Å². The van der Waals surface area contributed by atoms with Gasteiger partial charge >= 0.3 is 5.97 Å². The molecule has 168 valence electrons. The minimum Gasteiger partial charge on any atom is -0.478 e. The molecule has 0 spiro atoms. The van der Waals surface area contributed by atoms with Crippen molar-refractivity contribution >= 4 is 85.9 Å². The van der Waals surface area contributed by atoms with Crippen LogP contribution in [0.4, 0.5) is 5.69 Å². The van der Waals surface area contributed by atoms with E-state index in [1.54, 1.807) is 0 Å². The van der Waals surface area contributed by atoms with E-state index in [9.17, 15) is 14.7 Å². The molecule has 1 saturated heterocycles. The van der Waals surface area contributed by atoms with Gasteiger partial charge in [-0.3, -0.25) is 4.79 Å². The third-order valence-corrected chi connectivity index (χ3v) is 7.88. The van der Waals surface area contributed by atoms with E-state index in [1.165, 1.54) is 0 Å². The fourth-order valence-electron chi connectivity index (χ4n) is 3.34. The van der Waals surface area contributed by atoms with E-state index in [0.717, 1.165) is 12.8 Å². The summed E-state index contributed by atoms with van der Waals surface area (Å²) in [6, 6.07) is 0. The first-order valence-electron chi connectivity index (χ1n) is 9.65. The predicted octanol–water partition coefficient (Wildman–Crippen LogP) is 5.35. The molecular formula is C20H26I3NO6. The second-order valence-electron chi connectivity index (χ2n) is 7.89. The van der Waals surface area contributed by atoms with Gasteiger partial charge in [-0.2, -0.15) is 0 Å². The number of rotatable bonds is 9. The lowest BCUT2D eigenvalue weighted by molar-refractivity contribution is -0.246. The summed E-state index contributed by atoms with van der Waals surface area (Å²) in [5.74, 6) is 0.0420. The van der Waals surface area contributed by atoms with E-state index < -0.39 is 12.3 Å². The summed E-state index contributed by atoms with van der Waals surface area (Å²) in [5.41, 5.74) is 0.685. The molecule has 0 saturated carbocycles. The molecule has 0 aliphatic carbocycles. The fraction of sp³-hybridized carbons (Fsp3) is 0.600. The van der Waals surface area contributed by atoms with Gasteiger partial charge in [-0.25, -0.2) is 4.79 Å². The maximum absolute atomic E-state index is 11.8. The van der Waals surface area contributed by atoms with Gasteiger partial charge < -0.3 is 24.6 Å². The smallest absolute Gasteiger partial charge is 0.338 e. The topological polar surface area (TPSA) is 94.1 Å². The Morgan fingerprint density at radius 2 is 1.87 bits per heavy atom. The van der Waals surface area contributed by atoms with Gasteiger partial charge in [0, 0.05) is 6.42 Å². The lowest BCUT2D eigenvalue weighted by Gasteiger charge is -2.38. The molecule has 10 heteroatoms. The Morgan fingerprint density at radius 1 is 1.20 bits per heavy atom. The largest absolute Gasteiger partial charge is 0.478 e. The van der Waals surface area contributed by atoms with Crippen LogP contribution in [-0.2, 0) is 14.3 Å². The number of nitrogens with one attached hydrogen (secondary N) is 1. The number of aromatic carboxylic acids is 1. The first-order valence-corrected chi connectivity index (χ1v) is 12.9. The number of carbonyl (C=O) groups is 2. The average Bonchev–Trinajstić information content (AvgIpc) is 2.64. The zero-order chi connectivity index (χ0) is 22.6. The van der Waals surface area contributed by atoms with E-state index in [-0.39, 0.29) is 23.5 Å². The summed E-state index contributed by atoms with van der Waals surface area (Å²) in [5, 5.41) is 12.9. The van der Waals surface area contributed by atoms with Crippen LogP contribution in [0.25, 0.3) is 0 Å². The lowest BCUT2D eigenvalue weighted by Crippen LogP contribution is -2.44. The quantitative estimate of drug-likeness (QED) is 0.260. The molecule has 1 aromatic carbocycles. The van der Waals surface area contributed by atoms with Gasteiger partial charge in [0.25, 0.3) is 6.47 Å². The van der Waals surface area contributed by atoms with E-state index in [2.05, 4.69) is 55.6 Å². The molecule has 3 unspecified atom stereocenters. The zero-order valence-corrected chi connectivity index (χ0v) is 23.7. The third-order valence-electron chi connectivity index (χ3n) is 4.75. The number of carboxylic acid groups (broad SMARTS) is 1. The van der Waals surface area contributed by atoms with E-state index >= 15 is 0 Å². The van der Waals surface area contributed by atoms with E-state index in [0.29, 0.717) is 41.3 Å². The highest BCUT2D eigenvalue weighted by atomic mass is 127. The summed E-state index contributed by atoms with van der Waals surface area (Å²) in [4.78, 5) is 22.7. The van der Waals surface area contributed by atoms with Crippen LogP contribution in [0.1, 0.15) is 50.9 Å². The summed E-state index contributed by atoms with van der Waals surface area (Å²) in [6.07, 6.45) is 1.60. The molecule has 0 bridgehead atoms. The monoisotopic (exact) mass is 757 g/mol. The number of anilines is 1. The number of carboxylic acids is 1. The highest BCUT2D eigenvalue weighted by Gasteiger charge is 2.33. The number of hydrogen-bond donors (Lipinski definition) is 2. The van der Waals surface area contributed by atoms with Crippen molar-refractivity contribution in [1.82, 2.24) is 0 Å². The molecule has 0 radical (unpaired) electrons. The Morgan fingerprint density at radius 3 is 2.40 bits per heavy atom. The van der Waals surface area contributed by atoms with Crippen LogP contribution in [0.3, 0.4) is 0 Å². The zero-order valence-electron chi connectivity index (χ0n) is 17.2. The maximum Gasteiger partial charge on any atom is 0.338 e. The summed E-state index contributed by atoms with van der Waals surface area (Å²) < 4.78 is 19.0. The first kappa shape index (κ1) is 26.3. The number of benzene rings is 1. The molecule has 1 aliphatic heterocycles. The van der Waals surface area contributed by atoms with Crippen molar-refractivity contribution in [1.29, 1.82) is 0 Å². The van der Waals surface area contributed by atoms with E-state index in [4.69, 9.17) is 14.2 Å². The fourth-order valence-corrected chi connectivity index (χ4v) is 7.60. The Balaban J connectivity index is 2.28. The SMILES string of the molecule is CC(C)CC1CC(C(C)C)OC(CNc2c(I)c(OC=O)c(I)c(C(=O)O)c2I)O1. The Bertz CT molecular complexity index is 787. The molecule has 0 amide bonds. The molecule has 1 heterocycles. The molecule has 1 aliphatic rings. The van der Waals surface area contributed by atoms with Crippen molar-refractivity contribution < 1.29 is 28.9 Å². The van der Waals surface area contributed by atoms with Gasteiger partial charge in [0.2, 0.25) is 0 Å². The van der Waals surface area contributed by atoms with Gasteiger partial charge in [-0.05, 0) is 86.0 Å². The summed E-state index contributed by atoms with van der Waals surface area (Å²) >= 11 is 5.95. The Kier molecular flexibility index (Phi) is 10.3. The molecule has 2 rings (SSSR count). The van der Waals surface area contributed by atoms with Gasteiger partial charge in [0.15, 0.2) is 12.0 Å². The molecule has 3 atom stereocenters. The highest BCUT2D eigenvalue weighted by Crippen LogP contribution is 2.40. The standard InChI is InChI=1S/C20H26I3NO6/c1-9(2)5-11-6-12(10(3)4)30-13(29-11)7-24-18-15(21)14(20(26)27)16(22)19(17(18)23)28-8-25/h8-13,24H,5-7H2,1-4H3,(H,26,27). The van der Waals surface area contributed by atoms with E-state index in [1.807, 2.05) is 45.2 Å². The summed E-state index contributed by atoms with van der Waals surface area (Å²) in [6.45, 7) is 9.28. The van der Waals surface area contributed by atoms with Crippen molar-refractivity contribution in [3.05, 3.63) is 16.3 Å². The molecule has 30 heavy (non-hydrogen) atoms. The normalized spacial score (nSPS) is 21.7. The first-order chi connectivity index (χ1) is 14.1. The highest BCUT2D eigenvalue weighted by molar-refractivity contribution is 14.1. The lowest BCUT2D eigenvalue weighted by atomic mass is 9.95. The van der Waals surface area contributed by atoms with Crippen LogP contribution in [0.15, 0.2) is 0 Å². The second-order valence-corrected chi connectivity index (χ2v) is 11.1. The molecular weight excluding hydrogens is 731 g/mol. The van der Waals surface area contributed by atoms with Crippen LogP contribution in [0.5, 0.6) is 5.75 Å². The van der Waals surface area contributed by atoms with Crippen LogP contribution in [-0.4, -0.2) is 42.6 Å².